The van der Waals surface area contributed by atoms with Crippen molar-refractivity contribution in [3.05, 3.63) is 95.1 Å². The predicted octanol–water partition coefficient (Wildman–Crippen LogP) is 4.32. The minimum absolute atomic E-state index is 0.149. The van der Waals surface area contributed by atoms with E-state index in [1.165, 1.54) is 17.5 Å². The molecule has 0 bridgehead atoms. The fourth-order valence-electron chi connectivity index (χ4n) is 4.17. The molecule has 0 aliphatic carbocycles. The molecule has 0 spiro atoms. The van der Waals surface area contributed by atoms with E-state index >= 15 is 0 Å². The van der Waals surface area contributed by atoms with Crippen LogP contribution in [0, 0.1) is 6.92 Å². The van der Waals surface area contributed by atoms with E-state index in [0.717, 1.165) is 24.9 Å². The third-order valence-corrected chi connectivity index (χ3v) is 5.81. The Morgan fingerprint density at radius 1 is 1.12 bits per heavy atom. The van der Waals surface area contributed by atoms with Crippen LogP contribution in [0.2, 0.25) is 0 Å². The maximum absolute atomic E-state index is 12.9. The van der Waals surface area contributed by atoms with Gasteiger partial charge in [-0.3, -0.25) is 9.59 Å². The highest BCUT2D eigenvalue weighted by Crippen LogP contribution is 2.31. The lowest BCUT2D eigenvalue weighted by Gasteiger charge is -2.25. The van der Waals surface area contributed by atoms with Crippen molar-refractivity contribution in [3.63, 3.8) is 0 Å². The van der Waals surface area contributed by atoms with Gasteiger partial charge in [0.2, 0.25) is 0 Å². The Labute approximate surface area is 194 Å². The average molecular weight is 444 g/mol. The average Bonchev–Trinajstić information content (AvgIpc) is 3.43. The molecule has 3 aromatic rings. The van der Waals surface area contributed by atoms with Gasteiger partial charge in [0.15, 0.2) is 0 Å². The molecular formula is C27H29N3O3. The molecule has 170 valence electrons. The van der Waals surface area contributed by atoms with E-state index in [9.17, 15) is 9.59 Å². The molecule has 33 heavy (non-hydrogen) atoms. The molecule has 6 nitrogen and oxygen atoms in total. The van der Waals surface area contributed by atoms with Crippen molar-refractivity contribution in [2.75, 3.05) is 18.0 Å². The van der Waals surface area contributed by atoms with Gasteiger partial charge in [-0.1, -0.05) is 35.9 Å². The van der Waals surface area contributed by atoms with Crippen molar-refractivity contribution >= 4 is 23.6 Å². The van der Waals surface area contributed by atoms with Crippen molar-refractivity contribution in [3.8, 4) is 0 Å². The van der Waals surface area contributed by atoms with E-state index < -0.39 is 0 Å². The van der Waals surface area contributed by atoms with E-state index in [0.29, 0.717) is 23.9 Å². The van der Waals surface area contributed by atoms with Crippen LogP contribution < -0.4 is 15.5 Å². The number of furan rings is 1. The van der Waals surface area contributed by atoms with Gasteiger partial charge in [-0.05, 0) is 62.6 Å². The molecular weight excluding hydrogens is 414 g/mol. The number of benzene rings is 2. The number of carbonyl (C=O) groups is 2. The number of carbonyl (C=O) groups excluding carboxylic acids is 2. The number of amides is 2. The van der Waals surface area contributed by atoms with Crippen molar-refractivity contribution in [2.24, 2.45) is 0 Å². The third kappa shape index (κ3) is 5.52. The first-order chi connectivity index (χ1) is 16.0. The Balaban J connectivity index is 1.37. The second kappa shape index (κ2) is 10.2. The van der Waals surface area contributed by atoms with Crippen LogP contribution in [-0.2, 0) is 11.2 Å². The first-order valence-electron chi connectivity index (χ1n) is 11.3. The van der Waals surface area contributed by atoms with E-state index in [2.05, 4.69) is 46.7 Å². The zero-order valence-electron chi connectivity index (χ0n) is 19.0. The number of nitrogens with zero attached hydrogens (tertiary/aromatic N) is 1. The fourth-order valence-corrected chi connectivity index (χ4v) is 4.17. The van der Waals surface area contributed by atoms with Gasteiger partial charge < -0.3 is 20.0 Å². The highest BCUT2D eigenvalue weighted by molar-refractivity contribution is 6.05. The van der Waals surface area contributed by atoms with Crippen LogP contribution in [0.4, 0.5) is 5.69 Å². The summed E-state index contributed by atoms with van der Waals surface area (Å²) in [5.74, 6) is -0.191. The van der Waals surface area contributed by atoms with Crippen LogP contribution in [0.1, 0.15) is 40.6 Å². The van der Waals surface area contributed by atoms with Crippen molar-refractivity contribution in [1.29, 1.82) is 0 Å². The minimum Gasteiger partial charge on any atom is -0.465 e. The van der Waals surface area contributed by atoms with Gasteiger partial charge in [-0.2, -0.15) is 0 Å². The van der Waals surface area contributed by atoms with Crippen LogP contribution in [0.25, 0.3) is 6.08 Å². The molecule has 6 heteroatoms. The molecule has 0 saturated carbocycles. The van der Waals surface area contributed by atoms with E-state index in [1.54, 1.807) is 30.3 Å². The molecule has 0 saturated heterocycles. The van der Waals surface area contributed by atoms with Crippen LogP contribution in [0.3, 0.4) is 0 Å². The molecule has 1 atom stereocenters. The fraction of sp³-hybridized carbons (Fsp3) is 0.259. The molecule has 2 amide bonds. The van der Waals surface area contributed by atoms with Gasteiger partial charge in [-0.25, -0.2) is 0 Å². The van der Waals surface area contributed by atoms with Gasteiger partial charge >= 0.3 is 0 Å². The first-order valence-corrected chi connectivity index (χ1v) is 11.3. The van der Waals surface area contributed by atoms with Crippen LogP contribution in [0.15, 0.2) is 77.0 Å². The van der Waals surface area contributed by atoms with Crippen molar-refractivity contribution < 1.29 is 14.0 Å². The maximum Gasteiger partial charge on any atom is 0.267 e. The zero-order valence-corrected chi connectivity index (χ0v) is 19.0. The minimum atomic E-state index is -0.345. The smallest absolute Gasteiger partial charge is 0.267 e. The second-order valence-corrected chi connectivity index (χ2v) is 8.38. The number of anilines is 1. The second-order valence-electron chi connectivity index (χ2n) is 8.38. The monoisotopic (exact) mass is 443 g/mol. The lowest BCUT2D eigenvalue weighted by atomic mass is 10.1. The molecule has 2 N–H and O–H groups in total. The molecule has 0 radical (unpaired) electrons. The van der Waals surface area contributed by atoms with Gasteiger partial charge in [0.25, 0.3) is 11.8 Å². The molecule has 0 fully saturated rings. The van der Waals surface area contributed by atoms with Gasteiger partial charge in [0, 0.05) is 36.5 Å². The Bertz CT molecular complexity index is 1150. The largest absolute Gasteiger partial charge is 0.465 e. The SMILES string of the molecule is Cc1cccc(C(=O)N/C(=C\c2ccco2)C(=O)NCCCN2c3ccccc3CC2C)c1. The zero-order chi connectivity index (χ0) is 23.2. The summed E-state index contributed by atoms with van der Waals surface area (Å²) in [7, 11) is 0. The summed E-state index contributed by atoms with van der Waals surface area (Å²) in [4.78, 5) is 28.0. The summed E-state index contributed by atoms with van der Waals surface area (Å²) in [6.07, 6.45) is 4.91. The number of rotatable bonds is 8. The van der Waals surface area contributed by atoms with E-state index in [4.69, 9.17) is 4.42 Å². The Kier molecular flexibility index (Phi) is 6.93. The third-order valence-electron chi connectivity index (χ3n) is 5.81. The highest BCUT2D eigenvalue weighted by atomic mass is 16.3. The molecule has 2 aromatic carbocycles. The summed E-state index contributed by atoms with van der Waals surface area (Å²) in [5.41, 5.74) is 4.27. The number of hydrogen-bond acceptors (Lipinski definition) is 4. The summed E-state index contributed by atoms with van der Waals surface area (Å²) >= 11 is 0. The van der Waals surface area contributed by atoms with Crippen molar-refractivity contribution in [1.82, 2.24) is 10.6 Å². The Morgan fingerprint density at radius 2 is 1.97 bits per heavy atom. The molecule has 2 heterocycles. The van der Waals surface area contributed by atoms with Gasteiger partial charge in [-0.15, -0.1) is 0 Å². The lowest BCUT2D eigenvalue weighted by molar-refractivity contribution is -0.117. The van der Waals surface area contributed by atoms with Gasteiger partial charge in [0.1, 0.15) is 11.5 Å². The molecule has 1 aromatic heterocycles. The number of aryl methyl sites for hydroxylation is 1. The number of fused-ring (bicyclic) bond motifs is 1. The summed E-state index contributed by atoms with van der Waals surface area (Å²) in [6.45, 7) is 5.50. The molecule has 4 rings (SSSR count). The normalized spacial score (nSPS) is 15.3. The topological polar surface area (TPSA) is 74.6 Å². The number of nitrogens with one attached hydrogen (secondary N) is 2. The summed E-state index contributed by atoms with van der Waals surface area (Å²) in [6, 6.07) is 19.6. The van der Waals surface area contributed by atoms with Crippen LogP contribution in [0.5, 0.6) is 0 Å². The Hall–Kier alpha value is -3.80. The van der Waals surface area contributed by atoms with E-state index in [1.807, 2.05) is 19.1 Å². The maximum atomic E-state index is 12.9. The van der Waals surface area contributed by atoms with E-state index in [-0.39, 0.29) is 17.5 Å². The standard InChI is InChI=1S/C27H29N3O3/c1-19-8-5-10-22(16-19)26(31)29-24(18-23-11-6-15-33-23)27(32)28-13-7-14-30-20(2)17-21-9-3-4-12-25(21)30/h3-6,8-12,15-16,18,20H,7,13-14,17H2,1-2H3,(H,28,32)(H,29,31)/b24-18-. The molecule has 1 aliphatic rings. The summed E-state index contributed by atoms with van der Waals surface area (Å²) < 4.78 is 5.34. The number of para-hydroxylation sites is 1. The predicted molar refractivity (Wildman–Crippen MR) is 130 cm³/mol. The van der Waals surface area contributed by atoms with Crippen LogP contribution in [-0.4, -0.2) is 30.9 Å². The first kappa shape index (κ1) is 22.4. The summed E-state index contributed by atoms with van der Waals surface area (Å²) in [5, 5.41) is 5.68. The molecule has 1 unspecified atom stereocenters. The van der Waals surface area contributed by atoms with Crippen molar-refractivity contribution in [2.45, 2.75) is 32.7 Å². The lowest BCUT2D eigenvalue weighted by Crippen LogP contribution is -2.37. The quantitative estimate of drug-likeness (QED) is 0.402. The Morgan fingerprint density at radius 3 is 2.76 bits per heavy atom. The van der Waals surface area contributed by atoms with Crippen LogP contribution >= 0.6 is 0 Å². The highest BCUT2D eigenvalue weighted by Gasteiger charge is 2.24. The van der Waals surface area contributed by atoms with Gasteiger partial charge in [0.05, 0.1) is 6.26 Å². The molecule has 1 aliphatic heterocycles. The number of hydrogen-bond donors (Lipinski definition) is 2.